The maximum Gasteiger partial charge on any atom is 0.339 e. The molecule has 5 N–H and O–H groups in total. The van der Waals surface area contributed by atoms with E-state index < -0.39 is 34.7 Å². The molecule has 0 aliphatic heterocycles. The quantitative estimate of drug-likeness (QED) is 0.0540. The molecule has 3 amide bonds. The number of benzene rings is 5. The summed E-state index contributed by atoms with van der Waals surface area (Å²) in [6.07, 6.45) is 1.56. The van der Waals surface area contributed by atoms with Crippen LogP contribution in [0.25, 0.3) is 6.08 Å². The summed E-state index contributed by atoms with van der Waals surface area (Å²) in [7, 11) is 1.55. The Kier molecular flexibility index (Phi) is 11.1. The number of ether oxygens (including phenoxy) is 1. The minimum atomic E-state index is -1.33. The van der Waals surface area contributed by atoms with Crippen molar-refractivity contribution >= 4 is 52.9 Å². The van der Waals surface area contributed by atoms with Crippen LogP contribution in [0.1, 0.15) is 37.1 Å². The Hall–Kier alpha value is -6.33. The van der Waals surface area contributed by atoms with Gasteiger partial charge >= 0.3 is 5.97 Å². The van der Waals surface area contributed by atoms with Gasteiger partial charge in [-0.3, -0.25) is 14.4 Å². The Balaban J connectivity index is 1.38. The van der Waals surface area contributed by atoms with E-state index in [4.69, 9.17) is 4.74 Å². The second kappa shape index (κ2) is 16.0. The number of nitrogens with one attached hydrogen (secondary N) is 3. The summed E-state index contributed by atoms with van der Waals surface area (Å²) >= 11 is 1.22. The molecule has 5 aromatic carbocycles. The number of hydrogen-bond acceptors (Lipinski definition) is 7. The van der Waals surface area contributed by atoms with E-state index in [1.807, 2.05) is 6.07 Å². The van der Waals surface area contributed by atoms with Crippen LogP contribution in [0.3, 0.4) is 0 Å². The Morgan fingerprint density at radius 3 is 2.10 bits per heavy atom. The predicted octanol–water partition coefficient (Wildman–Crippen LogP) is 6.98. The van der Waals surface area contributed by atoms with Gasteiger partial charge in [0.05, 0.1) is 7.11 Å². The monoisotopic (exact) mass is 673 g/mol. The van der Waals surface area contributed by atoms with Crippen LogP contribution in [0, 0.1) is 0 Å². The van der Waals surface area contributed by atoms with Gasteiger partial charge in [0.15, 0.2) is 0 Å². The van der Waals surface area contributed by atoms with Crippen molar-refractivity contribution in [1.29, 1.82) is 0 Å². The van der Waals surface area contributed by atoms with Gasteiger partial charge in [-0.15, -0.1) is 11.8 Å². The molecule has 49 heavy (non-hydrogen) atoms. The van der Waals surface area contributed by atoms with Gasteiger partial charge in [-0.2, -0.15) is 0 Å². The third-order valence-corrected chi connectivity index (χ3v) is 8.38. The van der Waals surface area contributed by atoms with Gasteiger partial charge in [0.2, 0.25) is 5.91 Å². The molecule has 246 valence electrons. The van der Waals surface area contributed by atoms with Crippen LogP contribution < -0.4 is 20.7 Å². The molecular weight excluding hydrogens is 642 g/mol. The molecule has 0 bridgehead atoms. The van der Waals surface area contributed by atoms with Gasteiger partial charge < -0.3 is 30.9 Å². The third-order valence-electron chi connectivity index (χ3n) is 7.14. The summed E-state index contributed by atoms with van der Waals surface area (Å²) in [6.45, 7) is 0. The summed E-state index contributed by atoms with van der Waals surface area (Å²) in [5.41, 5.74) is 2.01. The number of amides is 3. The summed E-state index contributed by atoms with van der Waals surface area (Å²) in [5.74, 6) is -2.56. The number of hydrogen-bond donors (Lipinski definition) is 5. The number of phenols is 1. The molecule has 0 heterocycles. The van der Waals surface area contributed by atoms with Gasteiger partial charge in [0.25, 0.3) is 11.8 Å². The third kappa shape index (κ3) is 9.15. The van der Waals surface area contributed by atoms with Crippen LogP contribution in [0.15, 0.2) is 138 Å². The number of thioether (sulfide) groups is 1. The highest BCUT2D eigenvalue weighted by Crippen LogP contribution is 2.37. The molecule has 0 aliphatic carbocycles. The van der Waals surface area contributed by atoms with Gasteiger partial charge in [0, 0.05) is 21.8 Å². The van der Waals surface area contributed by atoms with Gasteiger partial charge in [-0.05, 0) is 77.9 Å². The molecule has 1 atom stereocenters. The molecule has 0 spiro atoms. The van der Waals surface area contributed by atoms with Crippen LogP contribution in [-0.4, -0.2) is 41.0 Å². The molecule has 10 nitrogen and oxygen atoms in total. The molecular formula is C38H31N3O7S. The standard InChI is InChI=1S/C38H31N3O7S/c1-48-29-18-15-24(16-19-29)21-32(41-35(43)26-11-6-3-7-12-26)36(44)39-27-13-8-14-30(22-27)49-34(25-9-4-2-5-10-25)37(45)40-28-17-20-33(42)31(23-28)38(46)47/h2-23,34,42H,1H3,(H,39,44)(H,40,45)(H,41,43)(H,46,47)/b32-21+. The predicted molar refractivity (Wildman–Crippen MR) is 189 cm³/mol. The van der Waals surface area contributed by atoms with E-state index in [2.05, 4.69) is 16.0 Å². The highest BCUT2D eigenvalue weighted by molar-refractivity contribution is 8.00. The molecule has 0 fully saturated rings. The number of carbonyl (C=O) groups is 4. The number of carboxylic acids is 1. The Labute approximate surface area is 286 Å². The van der Waals surface area contributed by atoms with E-state index in [0.717, 1.165) is 0 Å². The van der Waals surface area contributed by atoms with E-state index in [1.165, 1.54) is 30.0 Å². The fourth-order valence-electron chi connectivity index (χ4n) is 4.68. The lowest BCUT2D eigenvalue weighted by molar-refractivity contribution is -0.116. The zero-order valence-corrected chi connectivity index (χ0v) is 26.9. The first kappa shape index (κ1) is 34.0. The first-order valence-electron chi connectivity index (χ1n) is 14.9. The Bertz CT molecular complexity index is 2000. The zero-order valence-electron chi connectivity index (χ0n) is 26.1. The minimum Gasteiger partial charge on any atom is -0.507 e. The summed E-state index contributed by atoms with van der Waals surface area (Å²) < 4.78 is 5.22. The second-order valence-electron chi connectivity index (χ2n) is 10.6. The smallest absolute Gasteiger partial charge is 0.339 e. The molecule has 11 heteroatoms. The van der Waals surface area contributed by atoms with E-state index >= 15 is 0 Å². The van der Waals surface area contributed by atoms with Crippen molar-refractivity contribution in [3.05, 3.63) is 155 Å². The highest BCUT2D eigenvalue weighted by atomic mass is 32.2. The Morgan fingerprint density at radius 2 is 1.43 bits per heavy atom. The number of carbonyl (C=O) groups excluding carboxylic acids is 3. The normalized spacial score (nSPS) is 11.6. The molecule has 0 aliphatic rings. The maximum absolute atomic E-state index is 13.6. The number of aromatic carboxylic acids is 1. The van der Waals surface area contributed by atoms with Crippen molar-refractivity contribution < 1.29 is 34.1 Å². The molecule has 0 saturated heterocycles. The lowest BCUT2D eigenvalue weighted by Crippen LogP contribution is -2.30. The van der Waals surface area contributed by atoms with E-state index in [0.29, 0.717) is 33.0 Å². The lowest BCUT2D eigenvalue weighted by atomic mass is 10.1. The van der Waals surface area contributed by atoms with Crippen molar-refractivity contribution in [2.24, 2.45) is 0 Å². The zero-order chi connectivity index (χ0) is 34.8. The molecule has 0 saturated carbocycles. The number of methoxy groups -OCH3 is 1. The van der Waals surface area contributed by atoms with Crippen LogP contribution in [-0.2, 0) is 9.59 Å². The summed E-state index contributed by atoms with van der Waals surface area (Å²) in [4.78, 5) is 52.4. The molecule has 0 radical (unpaired) electrons. The molecule has 0 aromatic heterocycles. The van der Waals surface area contributed by atoms with Crippen molar-refractivity contribution in [2.45, 2.75) is 10.1 Å². The first-order chi connectivity index (χ1) is 23.7. The number of carboxylic acid groups (broad SMARTS) is 1. The number of aromatic hydroxyl groups is 1. The molecule has 5 rings (SSSR count). The largest absolute Gasteiger partial charge is 0.507 e. The van der Waals surface area contributed by atoms with Crippen molar-refractivity contribution in [2.75, 3.05) is 17.7 Å². The van der Waals surface area contributed by atoms with Crippen molar-refractivity contribution in [3.63, 3.8) is 0 Å². The average molecular weight is 674 g/mol. The van der Waals surface area contributed by atoms with E-state index in [-0.39, 0.29) is 16.9 Å². The highest BCUT2D eigenvalue weighted by Gasteiger charge is 2.24. The van der Waals surface area contributed by atoms with Gasteiger partial charge in [-0.25, -0.2) is 4.79 Å². The van der Waals surface area contributed by atoms with Crippen LogP contribution >= 0.6 is 11.8 Å². The molecule has 1 unspecified atom stereocenters. The van der Waals surface area contributed by atoms with E-state index in [9.17, 15) is 29.4 Å². The SMILES string of the molecule is COc1ccc(/C=C(/NC(=O)c2ccccc2)C(=O)Nc2cccc(SC(C(=O)Nc3ccc(O)c(C(=O)O)c3)c3ccccc3)c2)cc1. The lowest BCUT2D eigenvalue weighted by Gasteiger charge is -2.18. The average Bonchev–Trinajstić information content (AvgIpc) is 3.12. The number of anilines is 2. The van der Waals surface area contributed by atoms with Gasteiger partial charge in [0.1, 0.15) is 28.0 Å². The minimum absolute atomic E-state index is 0.00763. The van der Waals surface area contributed by atoms with Crippen LogP contribution in [0.5, 0.6) is 11.5 Å². The summed E-state index contributed by atoms with van der Waals surface area (Å²) in [6, 6.07) is 35.3. The Morgan fingerprint density at radius 1 is 0.755 bits per heavy atom. The van der Waals surface area contributed by atoms with E-state index in [1.54, 1.807) is 116 Å². The topological polar surface area (TPSA) is 154 Å². The second-order valence-corrected chi connectivity index (χ2v) is 11.7. The van der Waals surface area contributed by atoms with Crippen LogP contribution in [0.4, 0.5) is 11.4 Å². The first-order valence-corrected chi connectivity index (χ1v) is 15.8. The molecule has 5 aromatic rings. The number of rotatable bonds is 12. The van der Waals surface area contributed by atoms with Crippen molar-refractivity contribution in [1.82, 2.24) is 5.32 Å². The fourth-order valence-corrected chi connectivity index (χ4v) is 5.77. The van der Waals surface area contributed by atoms with Crippen molar-refractivity contribution in [3.8, 4) is 11.5 Å². The van der Waals surface area contributed by atoms with Crippen LogP contribution in [0.2, 0.25) is 0 Å². The van der Waals surface area contributed by atoms with Gasteiger partial charge in [-0.1, -0.05) is 66.7 Å². The summed E-state index contributed by atoms with van der Waals surface area (Å²) in [5, 5.41) is 26.8. The maximum atomic E-state index is 13.6. The fraction of sp³-hybridized carbons (Fsp3) is 0.0526.